The molecule has 0 atom stereocenters. The van der Waals surface area contributed by atoms with Crippen molar-refractivity contribution in [3.05, 3.63) is 46.5 Å². The lowest BCUT2D eigenvalue weighted by atomic mass is 10.3. The van der Waals surface area contributed by atoms with Crippen molar-refractivity contribution in [1.29, 1.82) is 0 Å². The van der Waals surface area contributed by atoms with Gasteiger partial charge in [-0.25, -0.2) is 9.50 Å². The number of fused-ring (bicyclic) bond motifs is 1. The highest BCUT2D eigenvalue weighted by Crippen LogP contribution is 2.27. The molecule has 1 amide bonds. The summed E-state index contributed by atoms with van der Waals surface area (Å²) < 4.78 is 7.00. The van der Waals surface area contributed by atoms with E-state index < -0.39 is 0 Å². The topological polar surface area (TPSA) is 81.4 Å². The Morgan fingerprint density at radius 1 is 1.28 bits per heavy atom. The lowest BCUT2D eigenvalue weighted by Crippen LogP contribution is -2.15. The molecule has 0 aliphatic heterocycles. The van der Waals surface area contributed by atoms with E-state index in [1.807, 2.05) is 26.8 Å². The van der Waals surface area contributed by atoms with E-state index in [4.69, 9.17) is 16.3 Å². The molecule has 8 heteroatoms. The molecule has 0 aliphatic rings. The monoisotopic (exact) mass is 359 g/mol. The molecule has 130 valence electrons. The molecule has 3 aromatic rings. The molecular weight excluding hydrogens is 342 g/mol. The molecule has 1 N–H and O–H groups in total. The fourth-order valence-electron chi connectivity index (χ4n) is 2.48. The first kappa shape index (κ1) is 17.2. The van der Waals surface area contributed by atoms with Gasteiger partial charge < -0.3 is 10.1 Å². The second-order valence-electron chi connectivity index (χ2n) is 5.58. The molecule has 3 rings (SSSR count). The molecule has 0 aliphatic carbocycles. The third-order valence-electron chi connectivity index (χ3n) is 3.50. The van der Waals surface area contributed by atoms with Gasteiger partial charge in [0.2, 0.25) is 5.91 Å². The number of nitrogens with one attached hydrogen (secondary N) is 1. The van der Waals surface area contributed by atoms with Crippen LogP contribution >= 0.6 is 11.6 Å². The molecule has 0 fully saturated rings. The van der Waals surface area contributed by atoms with Crippen LogP contribution in [0.2, 0.25) is 5.02 Å². The van der Waals surface area contributed by atoms with Crippen molar-refractivity contribution in [2.75, 3.05) is 11.9 Å². The average Bonchev–Trinajstić information content (AvgIpc) is 2.92. The van der Waals surface area contributed by atoms with Crippen LogP contribution in [0.15, 0.2) is 24.3 Å². The summed E-state index contributed by atoms with van der Waals surface area (Å²) in [5.74, 6) is 1.26. The molecule has 7 nitrogen and oxygen atoms in total. The van der Waals surface area contributed by atoms with E-state index in [2.05, 4.69) is 20.4 Å². The Kier molecular flexibility index (Phi) is 4.85. The number of benzene rings is 1. The molecule has 0 saturated heterocycles. The van der Waals surface area contributed by atoms with E-state index in [0.29, 0.717) is 34.7 Å². The highest BCUT2D eigenvalue weighted by atomic mass is 35.5. The SMILES string of the molecule is CCOc1ccc(NC(=O)Cc2nc3nc(C)cc(C)n3n2)cc1Cl. The minimum atomic E-state index is -0.231. The summed E-state index contributed by atoms with van der Waals surface area (Å²) in [5, 5.41) is 7.55. The smallest absolute Gasteiger partial charge is 0.252 e. The van der Waals surface area contributed by atoms with Gasteiger partial charge in [0.05, 0.1) is 18.1 Å². The standard InChI is InChI=1S/C17H18ClN5O2/c1-4-25-14-6-5-12(8-13(14)18)20-16(24)9-15-21-17-19-10(2)7-11(3)23(17)22-15/h5-8H,4,9H2,1-3H3,(H,20,24). The molecule has 0 saturated carbocycles. The second-order valence-corrected chi connectivity index (χ2v) is 5.99. The van der Waals surface area contributed by atoms with Gasteiger partial charge in [-0.2, -0.15) is 4.98 Å². The lowest BCUT2D eigenvalue weighted by molar-refractivity contribution is -0.115. The number of carbonyl (C=O) groups excluding carboxylic acids is 1. The third kappa shape index (κ3) is 3.88. The van der Waals surface area contributed by atoms with E-state index in [1.54, 1.807) is 22.7 Å². The number of ether oxygens (including phenoxy) is 1. The Morgan fingerprint density at radius 2 is 2.08 bits per heavy atom. The van der Waals surface area contributed by atoms with Gasteiger partial charge in [0.15, 0.2) is 5.82 Å². The summed E-state index contributed by atoms with van der Waals surface area (Å²) in [4.78, 5) is 20.9. The maximum Gasteiger partial charge on any atom is 0.252 e. The molecule has 2 heterocycles. The van der Waals surface area contributed by atoms with Gasteiger partial charge in [0.25, 0.3) is 5.78 Å². The van der Waals surface area contributed by atoms with Crippen LogP contribution in [0.25, 0.3) is 5.78 Å². The number of aryl methyl sites for hydroxylation is 2. The number of rotatable bonds is 5. The van der Waals surface area contributed by atoms with Crippen molar-refractivity contribution in [3.8, 4) is 5.75 Å². The van der Waals surface area contributed by atoms with Crippen LogP contribution in [-0.4, -0.2) is 32.1 Å². The van der Waals surface area contributed by atoms with Gasteiger partial charge in [0.1, 0.15) is 5.75 Å². The maximum atomic E-state index is 12.2. The predicted octanol–water partition coefficient (Wildman–Crippen LogP) is 2.97. The fraction of sp³-hybridized carbons (Fsp3) is 0.294. The highest BCUT2D eigenvalue weighted by molar-refractivity contribution is 6.32. The zero-order valence-electron chi connectivity index (χ0n) is 14.2. The van der Waals surface area contributed by atoms with Crippen molar-refractivity contribution in [2.24, 2.45) is 0 Å². The predicted molar refractivity (Wildman–Crippen MR) is 95.2 cm³/mol. The first-order valence-electron chi connectivity index (χ1n) is 7.88. The summed E-state index contributed by atoms with van der Waals surface area (Å²) in [5.41, 5.74) is 2.37. The van der Waals surface area contributed by atoms with Crippen LogP contribution in [0.5, 0.6) is 5.75 Å². The quantitative estimate of drug-likeness (QED) is 0.757. The lowest BCUT2D eigenvalue weighted by Gasteiger charge is -2.08. The van der Waals surface area contributed by atoms with Crippen LogP contribution in [0.3, 0.4) is 0 Å². The largest absolute Gasteiger partial charge is 0.492 e. The van der Waals surface area contributed by atoms with Crippen LogP contribution in [0, 0.1) is 13.8 Å². The molecule has 25 heavy (non-hydrogen) atoms. The number of hydrogen-bond donors (Lipinski definition) is 1. The summed E-state index contributed by atoms with van der Waals surface area (Å²) in [6, 6.07) is 7.02. The number of amides is 1. The molecule has 0 radical (unpaired) electrons. The Labute approximate surface area is 150 Å². The molecule has 0 spiro atoms. The second kappa shape index (κ2) is 7.06. The van der Waals surface area contributed by atoms with Gasteiger partial charge in [-0.1, -0.05) is 11.6 Å². The van der Waals surface area contributed by atoms with Crippen molar-refractivity contribution >= 4 is 29.0 Å². The Bertz CT molecular complexity index is 938. The number of aromatic nitrogens is 4. The van der Waals surface area contributed by atoms with Crippen molar-refractivity contribution in [3.63, 3.8) is 0 Å². The van der Waals surface area contributed by atoms with Crippen molar-refractivity contribution in [1.82, 2.24) is 19.6 Å². The molecular formula is C17H18ClN5O2. The van der Waals surface area contributed by atoms with Gasteiger partial charge in [0, 0.05) is 17.1 Å². The minimum Gasteiger partial charge on any atom is -0.492 e. The van der Waals surface area contributed by atoms with E-state index in [-0.39, 0.29) is 12.3 Å². The average molecular weight is 360 g/mol. The summed E-state index contributed by atoms with van der Waals surface area (Å²) in [6.07, 6.45) is 0.0483. The number of halogens is 1. The van der Waals surface area contributed by atoms with Gasteiger partial charge in [-0.05, 0) is 45.0 Å². The maximum absolute atomic E-state index is 12.2. The number of anilines is 1. The van der Waals surface area contributed by atoms with E-state index >= 15 is 0 Å². The van der Waals surface area contributed by atoms with Gasteiger partial charge in [-0.15, -0.1) is 5.10 Å². The van der Waals surface area contributed by atoms with Crippen LogP contribution in [0.4, 0.5) is 5.69 Å². The number of hydrogen-bond acceptors (Lipinski definition) is 5. The molecule has 0 bridgehead atoms. The molecule has 1 aromatic carbocycles. The van der Waals surface area contributed by atoms with Crippen LogP contribution < -0.4 is 10.1 Å². The van der Waals surface area contributed by atoms with Gasteiger partial charge in [-0.3, -0.25) is 4.79 Å². The minimum absolute atomic E-state index is 0.0483. The Hall–Kier alpha value is -2.67. The fourth-order valence-corrected chi connectivity index (χ4v) is 2.72. The first-order valence-corrected chi connectivity index (χ1v) is 8.26. The summed E-state index contributed by atoms with van der Waals surface area (Å²) in [7, 11) is 0. The number of carbonyl (C=O) groups is 1. The van der Waals surface area contributed by atoms with E-state index in [9.17, 15) is 4.79 Å². The highest BCUT2D eigenvalue weighted by Gasteiger charge is 2.12. The van der Waals surface area contributed by atoms with E-state index in [0.717, 1.165) is 11.4 Å². The first-order chi connectivity index (χ1) is 12.0. The Morgan fingerprint density at radius 3 is 2.80 bits per heavy atom. The summed E-state index contributed by atoms with van der Waals surface area (Å²) in [6.45, 7) is 6.22. The third-order valence-corrected chi connectivity index (χ3v) is 3.79. The Balaban J connectivity index is 1.72. The van der Waals surface area contributed by atoms with Crippen LogP contribution in [0.1, 0.15) is 24.1 Å². The van der Waals surface area contributed by atoms with Gasteiger partial charge >= 0.3 is 0 Å². The normalized spacial score (nSPS) is 10.9. The van der Waals surface area contributed by atoms with Crippen LogP contribution in [-0.2, 0) is 11.2 Å². The zero-order valence-corrected chi connectivity index (χ0v) is 15.0. The number of nitrogens with zero attached hydrogens (tertiary/aromatic N) is 4. The molecule has 2 aromatic heterocycles. The van der Waals surface area contributed by atoms with Crippen molar-refractivity contribution < 1.29 is 9.53 Å². The van der Waals surface area contributed by atoms with Crippen molar-refractivity contribution in [2.45, 2.75) is 27.2 Å². The van der Waals surface area contributed by atoms with E-state index in [1.165, 1.54) is 0 Å². The molecule has 0 unspecified atom stereocenters. The zero-order chi connectivity index (χ0) is 18.0. The summed E-state index contributed by atoms with van der Waals surface area (Å²) >= 11 is 6.12.